The number of nitrogens with zero attached hydrogens (tertiary/aromatic N) is 1. The van der Waals surface area contributed by atoms with Gasteiger partial charge in [0.1, 0.15) is 5.75 Å². The van der Waals surface area contributed by atoms with Gasteiger partial charge in [-0.2, -0.15) is 0 Å². The van der Waals surface area contributed by atoms with Crippen LogP contribution in [0.1, 0.15) is 12.0 Å². The largest absolute Gasteiger partial charge is 0.497 e. The van der Waals surface area contributed by atoms with E-state index in [2.05, 4.69) is 10.2 Å². The quantitative estimate of drug-likeness (QED) is 0.822. The second-order valence-corrected chi connectivity index (χ2v) is 5.55. The highest BCUT2D eigenvalue weighted by atomic mass is 16.5. The van der Waals surface area contributed by atoms with Crippen molar-refractivity contribution >= 4 is 5.91 Å². The van der Waals surface area contributed by atoms with Crippen molar-refractivity contribution in [1.82, 2.24) is 10.2 Å². The van der Waals surface area contributed by atoms with E-state index in [0.717, 1.165) is 37.5 Å². The number of carbonyl (C=O) groups is 1. The van der Waals surface area contributed by atoms with Crippen molar-refractivity contribution in [3.05, 3.63) is 29.8 Å². The minimum Gasteiger partial charge on any atom is -0.497 e. The van der Waals surface area contributed by atoms with E-state index in [1.165, 1.54) is 0 Å². The van der Waals surface area contributed by atoms with Crippen molar-refractivity contribution in [3.63, 3.8) is 0 Å². The Labute approximate surface area is 126 Å². The Morgan fingerprint density at radius 2 is 2.38 bits per heavy atom. The summed E-state index contributed by atoms with van der Waals surface area (Å²) >= 11 is 0. The highest BCUT2D eigenvalue weighted by Crippen LogP contribution is 2.13. The number of amides is 1. The Hall–Kier alpha value is -1.59. The van der Waals surface area contributed by atoms with Crippen molar-refractivity contribution in [2.24, 2.45) is 5.92 Å². The molecule has 1 saturated heterocycles. The topological polar surface area (TPSA) is 50.8 Å². The summed E-state index contributed by atoms with van der Waals surface area (Å²) in [5, 5.41) is 2.94. The van der Waals surface area contributed by atoms with E-state index in [1.807, 2.05) is 31.3 Å². The van der Waals surface area contributed by atoms with Crippen molar-refractivity contribution in [2.75, 3.05) is 40.5 Å². The normalized spacial score (nSPS) is 18.0. The lowest BCUT2D eigenvalue weighted by Crippen LogP contribution is -2.37. The molecule has 21 heavy (non-hydrogen) atoms. The summed E-state index contributed by atoms with van der Waals surface area (Å²) in [5.41, 5.74) is 1.04. The maximum Gasteiger partial charge on any atom is 0.234 e. The molecule has 0 aromatic heterocycles. The van der Waals surface area contributed by atoms with Crippen LogP contribution in [0, 0.1) is 5.92 Å². The summed E-state index contributed by atoms with van der Waals surface area (Å²) in [6, 6.07) is 7.72. The number of methoxy groups -OCH3 is 1. The number of carbonyl (C=O) groups excluding carboxylic acids is 1. The van der Waals surface area contributed by atoms with Gasteiger partial charge in [-0.15, -0.1) is 0 Å². The molecule has 0 aliphatic carbocycles. The van der Waals surface area contributed by atoms with Gasteiger partial charge in [0.2, 0.25) is 5.91 Å². The molecule has 5 nitrogen and oxygen atoms in total. The molecule has 1 aliphatic rings. The van der Waals surface area contributed by atoms with Crippen LogP contribution >= 0.6 is 0 Å². The summed E-state index contributed by atoms with van der Waals surface area (Å²) in [4.78, 5) is 14.0. The summed E-state index contributed by atoms with van der Waals surface area (Å²) in [5.74, 6) is 1.40. The smallest absolute Gasteiger partial charge is 0.234 e. The third kappa shape index (κ3) is 5.36. The molecule has 1 aliphatic heterocycles. The molecule has 1 aromatic rings. The number of rotatable bonds is 7. The summed E-state index contributed by atoms with van der Waals surface area (Å²) < 4.78 is 10.5. The number of hydrogen-bond acceptors (Lipinski definition) is 4. The Morgan fingerprint density at radius 1 is 1.52 bits per heavy atom. The van der Waals surface area contributed by atoms with Gasteiger partial charge in [-0.1, -0.05) is 12.1 Å². The van der Waals surface area contributed by atoms with Crippen LogP contribution in [0.2, 0.25) is 0 Å². The Kier molecular flexibility index (Phi) is 6.02. The van der Waals surface area contributed by atoms with Crippen molar-refractivity contribution in [1.29, 1.82) is 0 Å². The highest BCUT2D eigenvalue weighted by molar-refractivity contribution is 5.77. The first-order chi connectivity index (χ1) is 10.2. The zero-order chi connectivity index (χ0) is 15.1. The maximum atomic E-state index is 11.9. The van der Waals surface area contributed by atoms with Crippen LogP contribution in [0.5, 0.6) is 5.75 Å². The minimum absolute atomic E-state index is 0.0410. The van der Waals surface area contributed by atoms with Gasteiger partial charge in [-0.3, -0.25) is 9.69 Å². The molecular weight excluding hydrogens is 268 g/mol. The predicted octanol–water partition coefficient (Wildman–Crippen LogP) is 1.28. The lowest BCUT2D eigenvalue weighted by atomic mass is 10.1. The molecular formula is C16H24N2O3. The summed E-state index contributed by atoms with van der Waals surface area (Å²) in [6.07, 6.45) is 1.09. The molecule has 1 amide bonds. The fraction of sp³-hybridized carbons (Fsp3) is 0.562. The average Bonchev–Trinajstić information content (AvgIpc) is 2.98. The van der Waals surface area contributed by atoms with Gasteiger partial charge in [-0.25, -0.2) is 0 Å². The molecule has 0 radical (unpaired) electrons. The molecule has 1 unspecified atom stereocenters. The molecule has 1 aromatic carbocycles. The third-order valence-electron chi connectivity index (χ3n) is 3.63. The van der Waals surface area contributed by atoms with E-state index in [1.54, 1.807) is 7.11 Å². The number of hydrogen-bond donors (Lipinski definition) is 1. The van der Waals surface area contributed by atoms with E-state index >= 15 is 0 Å². The second-order valence-electron chi connectivity index (χ2n) is 5.55. The van der Waals surface area contributed by atoms with E-state index in [-0.39, 0.29) is 5.91 Å². The van der Waals surface area contributed by atoms with Gasteiger partial charge >= 0.3 is 0 Å². The number of nitrogens with one attached hydrogen (secondary N) is 1. The number of likely N-dealkylation sites (N-methyl/N-ethyl adjacent to an activating group) is 1. The van der Waals surface area contributed by atoms with Crippen LogP contribution in [0.25, 0.3) is 0 Å². The van der Waals surface area contributed by atoms with Crippen LogP contribution < -0.4 is 10.1 Å². The van der Waals surface area contributed by atoms with Gasteiger partial charge in [0.25, 0.3) is 0 Å². The van der Waals surface area contributed by atoms with Gasteiger partial charge in [-0.05, 0) is 37.1 Å². The van der Waals surface area contributed by atoms with Crippen LogP contribution in [0.4, 0.5) is 0 Å². The zero-order valence-corrected chi connectivity index (χ0v) is 12.8. The standard InChI is InChI=1S/C16H24N2O3/c1-18(10-14-6-7-21-12-14)11-16(19)17-9-13-4-3-5-15(8-13)20-2/h3-5,8,14H,6-7,9-12H2,1-2H3,(H,17,19). The number of benzene rings is 1. The van der Waals surface area contributed by atoms with Crippen molar-refractivity contribution in [2.45, 2.75) is 13.0 Å². The van der Waals surface area contributed by atoms with Crippen LogP contribution in [-0.4, -0.2) is 51.3 Å². The lowest BCUT2D eigenvalue weighted by molar-refractivity contribution is -0.122. The molecule has 1 atom stereocenters. The Morgan fingerprint density at radius 3 is 3.10 bits per heavy atom. The average molecular weight is 292 g/mol. The van der Waals surface area contributed by atoms with Gasteiger partial charge in [0.05, 0.1) is 20.3 Å². The van der Waals surface area contributed by atoms with Gasteiger partial charge in [0.15, 0.2) is 0 Å². The molecule has 116 valence electrons. The third-order valence-corrected chi connectivity index (χ3v) is 3.63. The Balaban J connectivity index is 1.70. The van der Waals surface area contributed by atoms with E-state index < -0.39 is 0 Å². The molecule has 1 fully saturated rings. The molecule has 5 heteroatoms. The molecule has 1 N–H and O–H groups in total. The minimum atomic E-state index is 0.0410. The molecule has 0 saturated carbocycles. The molecule has 0 spiro atoms. The van der Waals surface area contributed by atoms with Crippen LogP contribution in [0.15, 0.2) is 24.3 Å². The fourth-order valence-corrected chi connectivity index (χ4v) is 2.52. The first-order valence-corrected chi connectivity index (χ1v) is 7.33. The van der Waals surface area contributed by atoms with Gasteiger partial charge in [0, 0.05) is 19.7 Å². The van der Waals surface area contributed by atoms with Crippen LogP contribution in [-0.2, 0) is 16.1 Å². The van der Waals surface area contributed by atoms with Gasteiger partial charge < -0.3 is 14.8 Å². The number of ether oxygens (including phenoxy) is 2. The van der Waals surface area contributed by atoms with Crippen LogP contribution in [0.3, 0.4) is 0 Å². The zero-order valence-electron chi connectivity index (χ0n) is 12.8. The van der Waals surface area contributed by atoms with E-state index in [4.69, 9.17) is 9.47 Å². The SMILES string of the molecule is COc1cccc(CNC(=O)CN(C)CC2CCOC2)c1. The van der Waals surface area contributed by atoms with E-state index in [0.29, 0.717) is 19.0 Å². The highest BCUT2D eigenvalue weighted by Gasteiger charge is 2.18. The lowest BCUT2D eigenvalue weighted by Gasteiger charge is -2.19. The fourth-order valence-electron chi connectivity index (χ4n) is 2.52. The van der Waals surface area contributed by atoms with E-state index in [9.17, 15) is 4.79 Å². The first-order valence-electron chi connectivity index (χ1n) is 7.33. The predicted molar refractivity (Wildman–Crippen MR) is 81.3 cm³/mol. The summed E-state index contributed by atoms with van der Waals surface area (Å²) in [6.45, 7) is 3.51. The summed E-state index contributed by atoms with van der Waals surface area (Å²) in [7, 11) is 3.61. The Bertz CT molecular complexity index is 459. The second kappa shape index (κ2) is 8.00. The first kappa shape index (κ1) is 15.8. The van der Waals surface area contributed by atoms with Crippen molar-refractivity contribution < 1.29 is 14.3 Å². The molecule has 2 rings (SSSR count). The molecule has 0 bridgehead atoms. The maximum absolute atomic E-state index is 11.9. The monoisotopic (exact) mass is 292 g/mol. The molecule has 1 heterocycles. The van der Waals surface area contributed by atoms with Crippen molar-refractivity contribution in [3.8, 4) is 5.75 Å².